The summed E-state index contributed by atoms with van der Waals surface area (Å²) in [6.07, 6.45) is 6.09. The van der Waals surface area contributed by atoms with Gasteiger partial charge in [-0.1, -0.05) is 48.9 Å². The predicted molar refractivity (Wildman–Crippen MR) is 128 cm³/mol. The van der Waals surface area contributed by atoms with Crippen LogP contribution in [-0.2, 0) is 16.0 Å². The lowest BCUT2D eigenvalue weighted by Gasteiger charge is -2.34. The summed E-state index contributed by atoms with van der Waals surface area (Å²) in [6.45, 7) is 5.65. The molecule has 0 aliphatic carbocycles. The van der Waals surface area contributed by atoms with E-state index in [2.05, 4.69) is 47.5 Å². The van der Waals surface area contributed by atoms with Crippen molar-refractivity contribution in [2.45, 2.75) is 57.1 Å². The molecule has 5 nitrogen and oxygen atoms in total. The Bertz CT molecular complexity index is 907. The summed E-state index contributed by atoms with van der Waals surface area (Å²) in [5.41, 5.74) is 2.48. The van der Waals surface area contributed by atoms with Crippen molar-refractivity contribution in [2.75, 3.05) is 33.4 Å². The second-order valence-electron chi connectivity index (χ2n) is 9.16. The summed E-state index contributed by atoms with van der Waals surface area (Å²) in [7, 11) is 1.69. The van der Waals surface area contributed by atoms with Crippen molar-refractivity contribution in [3.05, 3.63) is 54.1 Å². The maximum absolute atomic E-state index is 13.3. The van der Waals surface area contributed by atoms with Crippen LogP contribution in [0.2, 0.25) is 0 Å². The normalized spacial score (nSPS) is 23.8. The lowest BCUT2D eigenvalue weighted by molar-refractivity contribution is -0.141. The molecule has 2 aromatic rings. The van der Waals surface area contributed by atoms with Crippen LogP contribution in [0.15, 0.2) is 48.5 Å². The minimum absolute atomic E-state index is 0.0300. The van der Waals surface area contributed by atoms with Crippen molar-refractivity contribution in [2.24, 2.45) is 0 Å². The predicted octanol–water partition coefficient (Wildman–Crippen LogP) is 4.44. The SMILES string of the molecule is COc1ccccc1-c1cccc(C[C@@]2(C(=O)NCCN3CCCC[C@H]3C)CCCO2)c1. The van der Waals surface area contributed by atoms with E-state index >= 15 is 0 Å². The number of para-hydroxylation sites is 1. The maximum atomic E-state index is 13.3. The van der Waals surface area contributed by atoms with E-state index in [1.54, 1.807) is 7.11 Å². The molecule has 2 atom stereocenters. The number of rotatable bonds is 8. The number of likely N-dealkylation sites (tertiary alicyclic amines) is 1. The number of benzene rings is 2. The van der Waals surface area contributed by atoms with Gasteiger partial charge in [0, 0.05) is 37.7 Å². The molecule has 4 rings (SSSR count). The number of hydrogen-bond donors (Lipinski definition) is 1. The Hall–Kier alpha value is -2.37. The summed E-state index contributed by atoms with van der Waals surface area (Å²) < 4.78 is 11.7. The average molecular weight is 437 g/mol. The molecule has 0 spiro atoms. The molecule has 5 heteroatoms. The van der Waals surface area contributed by atoms with E-state index in [1.165, 1.54) is 19.3 Å². The topological polar surface area (TPSA) is 50.8 Å². The second kappa shape index (κ2) is 10.5. The van der Waals surface area contributed by atoms with Gasteiger partial charge in [-0.2, -0.15) is 0 Å². The first kappa shape index (κ1) is 22.8. The molecule has 2 aliphatic heterocycles. The van der Waals surface area contributed by atoms with Crippen LogP contribution < -0.4 is 10.1 Å². The van der Waals surface area contributed by atoms with E-state index in [1.807, 2.05) is 18.2 Å². The zero-order valence-corrected chi connectivity index (χ0v) is 19.4. The van der Waals surface area contributed by atoms with Gasteiger partial charge in [0.15, 0.2) is 5.60 Å². The van der Waals surface area contributed by atoms with Crippen LogP contribution in [0.25, 0.3) is 11.1 Å². The fourth-order valence-corrected chi connectivity index (χ4v) is 5.12. The quantitative estimate of drug-likeness (QED) is 0.665. The van der Waals surface area contributed by atoms with Gasteiger partial charge in [-0.15, -0.1) is 0 Å². The van der Waals surface area contributed by atoms with Crippen molar-refractivity contribution in [3.8, 4) is 16.9 Å². The Labute approximate surface area is 192 Å². The van der Waals surface area contributed by atoms with Crippen LogP contribution in [-0.4, -0.2) is 55.8 Å². The second-order valence-corrected chi connectivity index (χ2v) is 9.16. The summed E-state index contributed by atoms with van der Waals surface area (Å²) in [6, 6.07) is 17.0. The van der Waals surface area contributed by atoms with Crippen molar-refractivity contribution in [1.29, 1.82) is 0 Å². The zero-order chi connectivity index (χ0) is 22.4. The summed E-state index contributed by atoms with van der Waals surface area (Å²) in [4.78, 5) is 15.8. The highest BCUT2D eigenvalue weighted by atomic mass is 16.5. The first-order chi connectivity index (χ1) is 15.6. The molecule has 2 saturated heterocycles. The third-order valence-corrected chi connectivity index (χ3v) is 6.98. The van der Waals surface area contributed by atoms with Crippen LogP contribution in [0.4, 0.5) is 0 Å². The first-order valence-corrected chi connectivity index (χ1v) is 12.0. The molecule has 0 bridgehead atoms. The fourth-order valence-electron chi connectivity index (χ4n) is 5.12. The van der Waals surface area contributed by atoms with Gasteiger partial charge >= 0.3 is 0 Å². The van der Waals surface area contributed by atoms with Crippen molar-refractivity contribution >= 4 is 5.91 Å². The number of carbonyl (C=O) groups excluding carboxylic acids is 1. The van der Waals surface area contributed by atoms with E-state index in [4.69, 9.17) is 9.47 Å². The highest BCUT2D eigenvalue weighted by molar-refractivity contribution is 5.86. The molecule has 172 valence electrons. The molecule has 2 aromatic carbocycles. The minimum Gasteiger partial charge on any atom is -0.496 e. The lowest BCUT2D eigenvalue weighted by Crippen LogP contribution is -2.50. The molecule has 1 amide bonds. The molecule has 32 heavy (non-hydrogen) atoms. The van der Waals surface area contributed by atoms with Crippen molar-refractivity contribution in [1.82, 2.24) is 10.2 Å². The Balaban J connectivity index is 1.44. The van der Waals surface area contributed by atoms with Crippen LogP contribution in [0.1, 0.15) is 44.6 Å². The molecule has 2 aliphatic rings. The number of nitrogens with one attached hydrogen (secondary N) is 1. The first-order valence-electron chi connectivity index (χ1n) is 12.0. The zero-order valence-electron chi connectivity index (χ0n) is 19.4. The highest BCUT2D eigenvalue weighted by Gasteiger charge is 2.42. The van der Waals surface area contributed by atoms with E-state index in [-0.39, 0.29) is 5.91 Å². The standard InChI is InChI=1S/C27H36N2O3/c1-21-9-5-6-16-29(21)17-15-28-26(30)27(14-8-18-32-27)20-22-10-7-11-23(19-22)24-12-3-4-13-25(24)31-2/h3-4,7,10-13,19,21H,5-6,8-9,14-18,20H2,1-2H3,(H,28,30)/t21-,27-/m1/s1. The molecular formula is C27H36N2O3. The smallest absolute Gasteiger partial charge is 0.252 e. The number of amides is 1. The monoisotopic (exact) mass is 436 g/mol. The average Bonchev–Trinajstić information content (AvgIpc) is 3.30. The molecule has 1 N–H and O–H groups in total. The molecular weight excluding hydrogens is 400 g/mol. The van der Waals surface area contributed by atoms with Crippen molar-refractivity contribution < 1.29 is 14.3 Å². The van der Waals surface area contributed by atoms with Gasteiger partial charge in [-0.25, -0.2) is 0 Å². The Kier molecular flexibility index (Phi) is 7.48. The van der Waals surface area contributed by atoms with E-state index in [9.17, 15) is 4.79 Å². The fraction of sp³-hybridized carbons (Fsp3) is 0.519. The van der Waals surface area contributed by atoms with Gasteiger partial charge in [0.05, 0.1) is 7.11 Å². The van der Waals surface area contributed by atoms with Gasteiger partial charge in [-0.3, -0.25) is 9.69 Å². The molecule has 0 unspecified atom stereocenters. The third-order valence-electron chi connectivity index (χ3n) is 6.98. The Morgan fingerprint density at radius 1 is 1.19 bits per heavy atom. The number of carbonyl (C=O) groups is 1. The molecule has 2 heterocycles. The molecule has 0 radical (unpaired) electrons. The summed E-state index contributed by atoms with van der Waals surface area (Å²) in [5, 5.41) is 3.19. The van der Waals surface area contributed by atoms with Crippen LogP contribution in [0.3, 0.4) is 0 Å². The van der Waals surface area contributed by atoms with Crippen LogP contribution in [0.5, 0.6) is 5.75 Å². The number of piperidine rings is 1. The lowest BCUT2D eigenvalue weighted by atomic mass is 9.89. The number of methoxy groups -OCH3 is 1. The van der Waals surface area contributed by atoms with E-state index in [0.29, 0.717) is 25.6 Å². The largest absolute Gasteiger partial charge is 0.496 e. The van der Waals surface area contributed by atoms with Crippen LogP contribution >= 0.6 is 0 Å². The number of ether oxygens (including phenoxy) is 2. The van der Waals surface area contributed by atoms with Gasteiger partial charge in [0.1, 0.15) is 5.75 Å². The van der Waals surface area contributed by atoms with Gasteiger partial charge in [-0.05, 0) is 56.3 Å². The molecule has 0 saturated carbocycles. The van der Waals surface area contributed by atoms with Crippen molar-refractivity contribution in [3.63, 3.8) is 0 Å². The van der Waals surface area contributed by atoms with Crippen LogP contribution in [0, 0.1) is 0 Å². The Morgan fingerprint density at radius 3 is 2.84 bits per heavy atom. The van der Waals surface area contributed by atoms with Gasteiger partial charge < -0.3 is 14.8 Å². The minimum atomic E-state index is -0.771. The Morgan fingerprint density at radius 2 is 2.06 bits per heavy atom. The molecule has 2 fully saturated rings. The highest BCUT2D eigenvalue weighted by Crippen LogP contribution is 2.33. The number of nitrogens with zero attached hydrogens (tertiary/aromatic N) is 1. The van der Waals surface area contributed by atoms with E-state index < -0.39 is 5.60 Å². The number of hydrogen-bond acceptors (Lipinski definition) is 4. The maximum Gasteiger partial charge on any atom is 0.252 e. The van der Waals surface area contributed by atoms with Gasteiger partial charge in [0.25, 0.3) is 5.91 Å². The third kappa shape index (κ3) is 5.16. The van der Waals surface area contributed by atoms with E-state index in [0.717, 1.165) is 48.4 Å². The van der Waals surface area contributed by atoms with Gasteiger partial charge in [0.2, 0.25) is 0 Å². The molecule has 0 aromatic heterocycles. The summed E-state index contributed by atoms with van der Waals surface area (Å²) in [5.74, 6) is 0.878. The summed E-state index contributed by atoms with van der Waals surface area (Å²) >= 11 is 0.